The Balaban J connectivity index is 2.73. The van der Waals surface area contributed by atoms with Gasteiger partial charge in [-0.1, -0.05) is 46.3 Å². The highest BCUT2D eigenvalue weighted by molar-refractivity contribution is 9.08. The van der Waals surface area contributed by atoms with E-state index in [0.29, 0.717) is 0 Å². The van der Waals surface area contributed by atoms with Gasteiger partial charge in [-0.2, -0.15) is 0 Å². The van der Waals surface area contributed by atoms with Crippen LogP contribution in [0.15, 0.2) is 36.4 Å². The van der Waals surface area contributed by atoms with E-state index in [2.05, 4.69) is 22.0 Å². The van der Waals surface area contributed by atoms with Crippen molar-refractivity contribution in [2.75, 3.05) is 0 Å². The maximum Gasteiger partial charge on any atom is 0.150 e. The topological polar surface area (TPSA) is 17.1 Å². The Morgan fingerprint density at radius 1 is 1.21 bits per heavy atom. The van der Waals surface area contributed by atoms with Crippen molar-refractivity contribution in [1.82, 2.24) is 0 Å². The van der Waals surface area contributed by atoms with E-state index in [1.165, 1.54) is 10.9 Å². The molecule has 0 fully saturated rings. The summed E-state index contributed by atoms with van der Waals surface area (Å²) in [6.07, 6.45) is 0.875. The first-order chi connectivity index (χ1) is 6.85. The van der Waals surface area contributed by atoms with Crippen molar-refractivity contribution in [2.45, 2.75) is 5.33 Å². The molecule has 0 aliphatic heterocycles. The molecule has 0 aliphatic carbocycles. The highest BCUT2D eigenvalue weighted by Crippen LogP contribution is 2.21. The minimum atomic E-state index is 0.726. The van der Waals surface area contributed by atoms with Crippen LogP contribution in [0.25, 0.3) is 10.8 Å². The van der Waals surface area contributed by atoms with Crippen molar-refractivity contribution < 1.29 is 4.79 Å². The smallest absolute Gasteiger partial charge is 0.150 e. The standard InChI is InChI=1S/C12H9BrO/c13-7-11-3-1-2-10-6-9(8-14)4-5-12(10)11/h1-6,8H,7H2. The number of rotatable bonds is 2. The lowest BCUT2D eigenvalue weighted by Gasteiger charge is -2.03. The largest absolute Gasteiger partial charge is 0.298 e. The fourth-order valence-corrected chi connectivity index (χ4v) is 2.05. The lowest BCUT2D eigenvalue weighted by Crippen LogP contribution is -1.84. The molecule has 0 saturated carbocycles. The van der Waals surface area contributed by atoms with Crippen LogP contribution in [0.2, 0.25) is 0 Å². The van der Waals surface area contributed by atoms with E-state index < -0.39 is 0 Å². The summed E-state index contributed by atoms with van der Waals surface area (Å²) in [6, 6.07) is 11.9. The minimum absolute atomic E-state index is 0.726. The zero-order valence-corrected chi connectivity index (χ0v) is 9.12. The molecule has 0 saturated heterocycles. The first-order valence-electron chi connectivity index (χ1n) is 4.38. The van der Waals surface area contributed by atoms with E-state index in [1.807, 2.05) is 30.3 Å². The first kappa shape index (κ1) is 9.41. The van der Waals surface area contributed by atoms with E-state index in [4.69, 9.17) is 0 Å². The second-order valence-corrected chi connectivity index (χ2v) is 3.71. The van der Waals surface area contributed by atoms with Gasteiger partial charge in [-0.05, 0) is 22.4 Å². The Morgan fingerprint density at radius 3 is 2.79 bits per heavy atom. The van der Waals surface area contributed by atoms with Crippen LogP contribution in [0.3, 0.4) is 0 Å². The number of carbonyl (C=O) groups is 1. The lowest BCUT2D eigenvalue weighted by atomic mass is 10.0. The summed E-state index contributed by atoms with van der Waals surface area (Å²) in [4.78, 5) is 10.6. The molecule has 0 unspecified atom stereocenters. The third kappa shape index (κ3) is 1.58. The molecular weight excluding hydrogens is 240 g/mol. The molecule has 2 aromatic carbocycles. The predicted octanol–water partition coefficient (Wildman–Crippen LogP) is 3.55. The van der Waals surface area contributed by atoms with E-state index in [9.17, 15) is 4.79 Å². The normalized spacial score (nSPS) is 10.4. The number of carbonyl (C=O) groups excluding carboxylic acids is 1. The van der Waals surface area contributed by atoms with Crippen LogP contribution < -0.4 is 0 Å². The van der Waals surface area contributed by atoms with E-state index in [-0.39, 0.29) is 0 Å². The molecule has 2 aromatic rings. The molecule has 0 amide bonds. The number of hydrogen-bond acceptors (Lipinski definition) is 1. The zero-order valence-electron chi connectivity index (χ0n) is 7.53. The number of hydrogen-bond donors (Lipinski definition) is 0. The third-order valence-electron chi connectivity index (χ3n) is 2.27. The van der Waals surface area contributed by atoms with Crippen molar-refractivity contribution in [2.24, 2.45) is 0 Å². The number of fused-ring (bicyclic) bond motifs is 1. The molecule has 70 valence electrons. The molecule has 14 heavy (non-hydrogen) atoms. The maximum atomic E-state index is 10.6. The van der Waals surface area contributed by atoms with Gasteiger partial charge in [-0.3, -0.25) is 4.79 Å². The van der Waals surface area contributed by atoms with Crippen molar-refractivity contribution in [1.29, 1.82) is 0 Å². The lowest BCUT2D eigenvalue weighted by molar-refractivity contribution is 0.112. The second-order valence-electron chi connectivity index (χ2n) is 3.15. The van der Waals surface area contributed by atoms with Gasteiger partial charge in [0.1, 0.15) is 6.29 Å². The number of benzene rings is 2. The van der Waals surface area contributed by atoms with Gasteiger partial charge in [0.2, 0.25) is 0 Å². The third-order valence-corrected chi connectivity index (χ3v) is 2.88. The Hall–Kier alpha value is -1.15. The van der Waals surface area contributed by atoms with E-state index in [1.54, 1.807) is 0 Å². The van der Waals surface area contributed by atoms with Crippen LogP contribution in [-0.4, -0.2) is 6.29 Å². The van der Waals surface area contributed by atoms with Crippen LogP contribution in [0.4, 0.5) is 0 Å². The Kier molecular flexibility index (Phi) is 2.64. The van der Waals surface area contributed by atoms with Crippen molar-refractivity contribution in [3.8, 4) is 0 Å². The summed E-state index contributed by atoms with van der Waals surface area (Å²) < 4.78 is 0. The van der Waals surface area contributed by atoms with Gasteiger partial charge < -0.3 is 0 Å². The summed E-state index contributed by atoms with van der Waals surface area (Å²) in [5.74, 6) is 0. The van der Waals surface area contributed by atoms with E-state index >= 15 is 0 Å². The van der Waals surface area contributed by atoms with Crippen LogP contribution in [0, 0.1) is 0 Å². The van der Waals surface area contributed by atoms with Gasteiger partial charge >= 0.3 is 0 Å². The predicted molar refractivity (Wildman–Crippen MR) is 62.0 cm³/mol. The molecule has 0 heterocycles. The summed E-state index contributed by atoms with van der Waals surface area (Å²) >= 11 is 3.44. The van der Waals surface area contributed by atoms with Gasteiger partial charge in [-0.25, -0.2) is 0 Å². The van der Waals surface area contributed by atoms with Crippen molar-refractivity contribution in [3.63, 3.8) is 0 Å². The maximum absolute atomic E-state index is 10.6. The number of aldehydes is 1. The van der Waals surface area contributed by atoms with Crippen LogP contribution in [0.5, 0.6) is 0 Å². The van der Waals surface area contributed by atoms with Crippen LogP contribution in [-0.2, 0) is 5.33 Å². The monoisotopic (exact) mass is 248 g/mol. The summed E-state index contributed by atoms with van der Waals surface area (Å²) in [7, 11) is 0. The van der Waals surface area contributed by atoms with Gasteiger partial charge in [-0.15, -0.1) is 0 Å². The van der Waals surface area contributed by atoms with Gasteiger partial charge in [0, 0.05) is 10.9 Å². The summed E-state index contributed by atoms with van der Waals surface area (Å²) in [6.45, 7) is 0. The molecule has 2 rings (SSSR count). The Labute approximate surface area is 90.9 Å². The van der Waals surface area contributed by atoms with Crippen molar-refractivity contribution in [3.05, 3.63) is 47.5 Å². The highest BCUT2D eigenvalue weighted by atomic mass is 79.9. The fourth-order valence-electron chi connectivity index (χ4n) is 1.56. The van der Waals surface area contributed by atoms with E-state index in [0.717, 1.165) is 22.6 Å². The highest BCUT2D eigenvalue weighted by Gasteiger charge is 1.99. The van der Waals surface area contributed by atoms with Crippen LogP contribution >= 0.6 is 15.9 Å². The summed E-state index contributed by atoms with van der Waals surface area (Å²) in [5.41, 5.74) is 1.98. The number of alkyl halides is 1. The average Bonchev–Trinajstić information content (AvgIpc) is 2.27. The average molecular weight is 249 g/mol. The minimum Gasteiger partial charge on any atom is -0.298 e. The molecule has 0 radical (unpaired) electrons. The van der Waals surface area contributed by atoms with Gasteiger partial charge in [0.25, 0.3) is 0 Å². The van der Waals surface area contributed by atoms with Gasteiger partial charge in [0.05, 0.1) is 0 Å². The Bertz CT molecular complexity index is 477. The SMILES string of the molecule is O=Cc1ccc2c(CBr)cccc2c1. The molecule has 0 N–H and O–H groups in total. The quantitative estimate of drug-likeness (QED) is 0.587. The first-order valence-corrected chi connectivity index (χ1v) is 5.50. The molecule has 2 heteroatoms. The molecule has 0 aromatic heterocycles. The number of halogens is 1. The molecule has 1 nitrogen and oxygen atoms in total. The molecule has 0 bridgehead atoms. The molecule has 0 spiro atoms. The molecule has 0 atom stereocenters. The second kappa shape index (κ2) is 3.93. The van der Waals surface area contributed by atoms with Crippen molar-refractivity contribution >= 4 is 33.0 Å². The molecule has 0 aliphatic rings. The Morgan fingerprint density at radius 2 is 2.07 bits per heavy atom. The van der Waals surface area contributed by atoms with Crippen LogP contribution in [0.1, 0.15) is 15.9 Å². The summed E-state index contributed by atoms with van der Waals surface area (Å²) in [5, 5.41) is 3.16. The fraction of sp³-hybridized carbons (Fsp3) is 0.0833. The van der Waals surface area contributed by atoms with Gasteiger partial charge in [0.15, 0.2) is 0 Å². The zero-order chi connectivity index (χ0) is 9.97. The molecular formula is C12H9BrO.